The Bertz CT molecular complexity index is 1380. The molecule has 1 aliphatic heterocycles. The molecule has 0 aromatic heterocycles. The Kier molecular flexibility index (Phi) is 11.1. The molecule has 0 aliphatic carbocycles. The third kappa shape index (κ3) is 8.79. The normalized spacial score (nSPS) is 16.6. The van der Waals surface area contributed by atoms with Crippen molar-refractivity contribution in [3.8, 4) is 0 Å². The number of hydrogen-bond donors (Lipinski definition) is 1. The van der Waals surface area contributed by atoms with Crippen LogP contribution in [0.15, 0.2) is 60.0 Å². The summed E-state index contributed by atoms with van der Waals surface area (Å²) >= 11 is 0. The van der Waals surface area contributed by atoms with Gasteiger partial charge in [0.1, 0.15) is 5.76 Å². The molecule has 3 rings (SSSR count). The van der Waals surface area contributed by atoms with Gasteiger partial charge in [0, 0.05) is 41.7 Å². The van der Waals surface area contributed by atoms with E-state index < -0.39 is 34.3 Å². The standard InChI is InChI=1S/C36H48F6N2O/c1-23(2)15-18-43-30-12-10-25(35(37,38)39)20-28(30)33(5,6)17-14-27(45-9)22-32-34(7,8)29-21-26(36(40,41)42)11-13-31(29)44(32)19-16-24(3)4/h10-14,20-24,43H,15-19H2,1-9H3/b27-14-,32-22+. The van der Waals surface area contributed by atoms with Gasteiger partial charge < -0.3 is 15.0 Å². The number of alkyl halides is 6. The van der Waals surface area contributed by atoms with Crippen LogP contribution in [0.3, 0.4) is 0 Å². The first-order chi connectivity index (χ1) is 20.7. The molecule has 0 spiro atoms. The highest BCUT2D eigenvalue weighted by Gasteiger charge is 2.42. The molecule has 250 valence electrons. The quantitative estimate of drug-likeness (QED) is 0.185. The number of fused-ring (bicyclic) bond motifs is 1. The second-order valence-corrected chi connectivity index (χ2v) is 14.0. The maximum atomic E-state index is 13.7. The van der Waals surface area contributed by atoms with Gasteiger partial charge in [0.2, 0.25) is 0 Å². The van der Waals surface area contributed by atoms with Crippen LogP contribution >= 0.6 is 0 Å². The number of hydrogen-bond acceptors (Lipinski definition) is 3. The Morgan fingerprint density at radius 2 is 1.47 bits per heavy atom. The molecule has 0 bridgehead atoms. The summed E-state index contributed by atoms with van der Waals surface area (Å²) in [7, 11) is 1.52. The maximum absolute atomic E-state index is 13.7. The van der Waals surface area contributed by atoms with Crippen LogP contribution in [0.4, 0.5) is 37.7 Å². The summed E-state index contributed by atoms with van der Waals surface area (Å²) in [6.07, 6.45) is -3.17. The molecule has 9 heteroatoms. The van der Waals surface area contributed by atoms with Gasteiger partial charge in [0.15, 0.2) is 0 Å². The summed E-state index contributed by atoms with van der Waals surface area (Å²) in [6, 6.07) is 7.73. The molecule has 1 heterocycles. The lowest BCUT2D eigenvalue weighted by atomic mass is 9.79. The topological polar surface area (TPSA) is 24.5 Å². The lowest BCUT2D eigenvalue weighted by Gasteiger charge is -2.29. The van der Waals surface area contributed by atoms with Gasteiger partial charge >= 0.3 is 12.4 Å². The van der Waals surface area contributed by atoms with Crippen molar-refractivity contribution in [1.82, 2.24) is 0 Å². The Morgan fingerprint density at radius 3 is 2.02 bits per heavy atom. The van der Waals surface area contributed by atoms with Crippen LogP contribution in [-0.2, 0) is 27.9 Å². The monoisotopic (exact) mass is 638 g/mol. The van der Waals surface area contributed by atoms with Gasteiger partial charge in [-0.1, -0.05) is 55.4 Å². The summed E-state index contributed by atoms with van der Waals surface area (Å²) in [6.45, 7) is 17.2. The summed E-state index contributed by atoms with van der Waals surface area (Å²) in [5, 5.41) is 3.34. The summed E-state index contributed by atoms with van der Waals surface area (Å²) in [5.74, 6) is 1.31. The first-order valence-electron chi connectivity index (χ1n) is 15.6. The second-order valence-electron chi connectivity index (χ2n) is 14.0. The highest BCUT2D eigenvalue weighted by Crippen LogP contribution is 2.50. The number of ether oxygens (including phenoxy) is 1. The Balaban J connectivity index is 2.04. The Labute approximate surface area is 264 Å². The molecule has 3 nitrogen and oxygen atoms in total. The number of halogens is 6. The molecular weight excluding hydrogens is 590 g/mol. The van der Waals surface area contributed by atoms with E-state index in [2.05, 4.69) is 37.9 Å². The predicted molar refractivity (Wildman–Crippen MR) is 171 cm³/mol. The number of nitrogens with one attached hydrogen (secondary N) is 1. The molecule has 0 atom stereocenters. The van der Waals surface area contributed by atoms with Crippen molar-refractivity contribution in [2.45, 2.75) is 97.8 Å². The van der Waals surface area contributed by atoms with E-state index >= 15 is 0 Å². The van der Waals surface area contributed by atoms with E-state index in [1.54, 1.807) is 6.07 Å². The highest BCUT2D eigenvalue weighted by molar-refractivity contribution is 5.71. The number of benzene rings is 2. The fraction of sp³-hybridized carbons (Fsp3) is 0.556. The number of methoxy groups -OCH3 is 1. The Hall–Kier alpha value is -3.10. The van der Waals surface area contributed by atoms with Gasteiger partial charge in [0.05, 0.1) is 18.2 Å². The minimum absolute atomic E-state index is 0.359. The van der Waals surface area contributed by atoms with Gasteiger partial charge in [-0.15, -0.1) is 0 Å². The van der Waals surface area contributed by atoms with Gasteiger partial charge in [-0.3, -0.25) is 0 Å². The van der Waals surface area contributed by atoms with E-state index in [0.717, 1.165) is 36.4 Å². The average molecular weight is 639 g/mol. The zero-order valence-electron chi connectivity index (χ0n) is 27.9. The number of rotatable bonds is 12. The van der Waals surface area contributed by atoms with Gasteiger partial charge in [-0.2, -0.15) is 26.3 Å². The van der Waals surface area contributed by atoms with Crippen molar-refractivity contribution in [3.05, 3.63) is 82.3 Å². The van der Waals surface area contributed by atoms with E-state index in [1.807, 2.05) is 39.8 Å². The molecule has 1 N–H and O–H groups in total. The van der Waals surface area contributed by atoms with Gasteiger partial charge in [0.25, 0.3) is 0 Å². The van der Waals surface area contributed by atoms with Crippen LogP contribution in [0.1, 0.15) is 96.9 Å². The molecule has 0 amide bonds. The smallest absolute Gasteiger partial charge is 0.416 e. The predicted octanol–water partition coefficient (Wildman–Crippen LogP) is 11.1. The van der Waals surface area contributed by atoms with Crippen molar-refractivity contribution < 1.29 is 31.1 Å². The van der Waals surface area contributed by atoms with Crippen LogP contribution in [0, 0.1) is 11.8 Å². The fourth-order valence-corrected chi connectivity index (χ4v) is 5.67. The number of anilines is 2. The molecule has 0 saturated carbocycles. The summed E-state index contributed by atoms with van der Waals surface area (Å²) < 4.78 is 88.0. The van der Waals surface area contributed by atoms with Crippen molar-refractivity contribution >= 4 is 11.4 Å². The lowest BCUT2D eigenvalue weighted by molar-refractivity contribution is -0.138. The molecule has 0 unspecified atom stereocenters. The van der Waals surface area contributed by atoms with E-state index in [9.17, 15) is 26.3 Å². The molecule has 0 fully saturated rings. The SMILES string of the molecule is COC(=C\CC(C)(C)c1cc(C(F)(F)F)ccc1NCCC(C)C)/C=C1/N(CCC(C)C)c2ccc(C(F)(F)F)cc2C1(C)C. The molecular formula is C36H48F6N2O. The molecule has 2 aromatic rings. The highest BCUT2D eigenvalue weighted by atomic mass is 19.4. The van der Waals surface area contributed by atoms with E-state index in [0.29, 0.717) is 53.9 Å². The molecule has 0 radical (unpaired) electrons. The lowest BCUT2D eigenvalue weighted by Crippen LogP contribution is -2.28. The first kappa shape index (κ1) is 36.4. The first-order valence-corrected chi connectivity index (χ1v) is 15.6. The van der Waals surface area contributed by atoms with Crippen molar-refractivity contribution in [2.24, 2.45) is 11.8 Å². The average Bonchev–Trinajstić information content (AvgIpc) is 3.13. The van der Waals surface area contributed by atoms with E-state index in [1.165, 1.54) is 25.3 Å². The molecule has 1 aliphatic rings. The number of nitrogens with zero attached hydrogens (tertiary/aromatic N) is 1. The second kappa shape index (κ2) is 13.7. The number of allylic oxidation sites excluding steroid dienone is 3. The fourth-order valence-electron chi connectivity index (χ4n) is 5.67. The van der Waals surface area contributed by atoms with Crippen LogP contribution in [0.2, 0.25) is 0 Å². The maximum Gasteiger partial charge on any atom is 0.416 e. The molecule has 0 saturated heterocycles. The summed E-state index contributed by atoms with van der Waals surface area (Å²) in [5.41, 5.74) is 0.468. The van der Waals surface area contributed by atoms with Crippen LogP contribution < -0.4 is 10.2 Å². The van der Waals surface area contributed by atoms with Gasteiger partial charge in [-0.05, 0) is 90.1 Å². The van der Waals surface area contributed by atoms with Crippen molar-refractivity contribution in [1.29, 1.82) is 0 Å². The zero-order valence-corrected chi connectivity index (χ0v) is 27.9. The van der Waals surface area contributed by atoms with Crippen LogP contribution in [0.25, 0.3) is 0 Å². The van der Waals surface area contributed by atoms with Crippen LogP contribution in [-0.4, -0.2) is 20.2 Å². The summed E-state index contributed by atoms with van der Waals surface area (Å²) in [4.78, 5) is 2.07. The minimum atomic E-state index is -4.48. The van der Waals surface area contributed by atoms with Crippen molar-refractivity contribution in [2.75, 3.05) is 30.4 Å². The van der Waals surface area contributed by atoms with Gasteiger partial charge in [-0.25, -0.2) is 0 Å². The largest absolute Gasteiger partial charge is 0.497 e. The van der Waals surface area contributed by atoms with E-state index in [4.69, 9.17) is 4.74 Å². The van der Waals surface area contributed by atoms with E-state index in [-0.39, 0.29) is 0 Å². The Morgan fingerprint density at radius 1 is 0.889 bits per heavy atom. The molecule has 45 heavy (non-hydrogen) atoms. The molecule has 2 aromatic carbocycles. The third-order valence-corrected chi connectivity index (χ3v) is 8.59. The third-order valence-electron chi connectivity index (χ3n) is 8.59. The zero-order chi connectivity index (χ0) is 34.0. The van der Waals surface area contributed by atoms with Crippen molar-refractivity contribution in [3.63, 3.8) is 0 Å². The van der Waals surface area contributed by atoms with Crippen LogP contribution in [0.5, 0.6) is 0 Å². The minimum Gasteiger partial charge on any atom is -0.497 e.